The molecule has 0 atom stereocenters. The summed E-state index contributed by atoms with van der Waals surface area (Å²) in [4.78, 5) is 26.8. The number of carbonyl (C=O) groups excluding carboxylic acids is 2. The maximum absolute atomic E-state index is 14.3. The van der Waals surface area contributed by atoms with Gasteiger partial charge in [0.1, 0.15) is 5.82 Å². The Bertz CT molecular complexity index is 1010. The number of benzene rings is 2. The normalized spacial score (nSPS) is 10.8. The number of ether oxygens (including phenoxy) is 1. The SMILES string of the molecule is COCc1c(C(=O)Nc2cccc(C(=O)N(C)C)c2)sc2cccc(F)c12. The van der Waals surface area contributed by atoms with E-state index in [2.05, 4.69) is 5.32 Å². The van der Waals surface area contributed by atoms with E-state index in [0.717, 1.165) is 0 Å². The van der Waals surface area contributed by atoms with E-state index in [0.29, 0.717) is 31.8 Å². The van der Waals surface area contributed by atoms with Gasteiger partial charge in [0.2, 0.25) is 0 Å². The summed E-state index contributed by atoms with van der Waals surface area (Å²) in [7, 11) is 4.83. The van der Waals surface area contributed by atoms with Gasteiger partial charge >= 0.3 is 0 Å². The molecule has 0 spiro atoms. The Hall–Kier alpha value is -2.77. The van der Waals surface area contributed by atoms with Crippen LogP contribution in [-0.2, 0) is 11.3 Å². The third-order valence-electron chi connectivity index (χ3n) is 4.03. The molecule has 0 aliphatic carbocycles. The van der Waals surface area contributed by atoms with Crippen LogP contribution in [-0.4, -0.2) is 37.9 Å². The molecule has 2 amide bonds. The fraction of sp³-hybridized carbons (Fsp3) is 0.200. The van der Waals surface area contributed by atoms with Crippen LogP contribution in [0.1, 0.15) is 25.6 Å². The van der Waals surface area contributed by atoms with Crippen LogP contribution in [0.4, 0.5) is 10.1 Å². The number of nitrogens with one attached hydrogen (secondary N) is 1. The topological polar surface area (TPSA) is 58.6 Å². The van der Waals surface area contributed by atoms with Gasteiger partial charge in [-0.05, 0) is 30.3 Å². The minimum absolute atomic E-state index is 0.128. The highest BCUT2D eigenvalue weighted by Gasteiger charge is 2.21. The van der Waals surface area contributed by atoms with Crippen molar-refractivity contribution in [3.63, 3.8) is 0 Å². The molecule has 3 aromatic rings. The Morgan fingerprint density at radius 1 is 1.19 bits per heavy atom. The second kappa shape index (κ2) is 7.85. The van der Waals surface area contributed by atoms with Crippen molar-refractivity contribution in [1.82, 2.24) is 4.90 Å². The van der Waals surface area contributed by atoms with Crippen molar-refractivity contribution in [2.45, 2.75) is 6.61 Å². The summed E-state index contributed by atoms with van der Waals surface area (Å²) in [5.41, 5.74) is 1.49. The number of nitrogens with zero attached hydrogens (tertiary/aromatic N) is 1. The van der Waals surface area contributed by atoms with Crippen LogP contribution in [0.25, 0.3) is 10.1 Å². The van der Waals surface area contributed by atoms with Gasteiger partial charge < -0.3 is 15.0 Å². The van der Waals surface area contributed by atoms with Crippen LogP contribution < -0.4 is 5.32 Å². The molecule has 5 nitrogen and oxygen atoms in total. The summed E-state index contributed by atoms with van der Waals surface area (Å²) in [6, 6.07) is 11.5. The molecule has 7 heteroatoms. The van der Waals surface area contributed by atoms with Gasteiger partial charge in [-0.3, -0.25) is 9.59 Å². The van der Waals surface area contributed by atoms with E-state index in [1.807, 2.05) is 0 Å². The molecule has 0 aliphatic rings. The molecule has 0 fully saturated rings. The van der Waals surface area contributed by atoms with Crippen LogP contribution in [0.15, 0.2) is 42.5 Å². The molecular weight excluding hydrogens is 367 g/mol. The molecule has 140 valence electrons. The lowest BCUT2D eigenvalue weighted by Gasteiger charge is -2.12. The molecule has 2 aromatic carbocycles. The van der Waals surface area contributed by atoms with Gasteiger partial charge in [-0.15, -0.1) is 11.3 Å². The molecule has 0 aliphatic heterocycles. The first-order valence-electron chi connectivity index (χ1n) is 8.24. The lowest BCUT2D eigenvalue weighted by Crippen LogP contribution is -2.22. The maximum atomic E-state index is 14.3. The third-order valence-corrected chi connectivity index (χ3v) is 5.23. The first kappa shape index (κ1) is 19.0. The minimum atomic E-state index is -0.381. The molecule has 0 radical (unpaired) electrons. The smallest absolute Gasteiger partial charge is 0.266 e. The van der Waals surface area contributed by atoms with Gasteiger partial charge in [0.05, 0.1) is 11.5 Å². The van der Waals surface area contributed by atoms with Gasteiger partial charge in [0.25, 0.3) is 11.8 Å². The monoisotopic (exact) mass is 386 g/mol. The number of methoxy groups -OCH3 is 1. The van der Waals surface area contributed by atoms with Crippen molar-refractivity contribution in [3.8, 4) is 0 Å². The lowest BCUT2D eigenvalue weighted by atomic mass is 10.1. The number of halogens is 1. The number of carbonyl (C=O) groups is 2. The van der Waals surface area contributed by atoms with E-state index in [1.54, 1.807) is 50.5 Å². The van der Waals surface area contributed by atoms with Gasteiger partial charge in [0, 0.05) is 48.1 Å². The Kier molecular flexibility index (Phi) is 5.53. The standard InChI is InChI=1S/C20H19FN2O3S/c1-23(2)20(25)12-6-4-7-13(10-12)22-19(24)18-14(11-26-3)17-15(21)8-5-9-16(17)27-18/h4-10H,11H2,1-3H3,(H,22,24). The molecule has 0 saturated heterocycles. The predicted molar refractivity (Wildman–Crippen MR) is 105 cm³/mol. The minimum Gasteiger partial charge on any atom is -0.380 e. The third kappa shape index (κ3) is 3.84. The highest BCUT2D eigenvalue weighted by molar-refractivity contribution is 7.21. The van der Waals surface area contributed by atoms with E-state index in [9.17, 15) is 14.0 Å². The largest absolute Gasteiger partial charge is 0.380 e. The number of thiophene rings is 1. The second-order valence-electron chi connectivity index (χ2n) is 6.19. The van der Waals surface area contributed by atoms with Gasteiger partial charge in [0.15, 0.2) is 0 Å². The van der Waals surface area contributed by atoms with Crippen LogP contribution >= 0.6 is 11.3 Å². The van der Waals surface area contributed by atoms with E-state index < -0.39 is 0 Å². The number of hydrogen-bond acceptors (Lipinski definition) is 4. The van der Waals surface area contributed by atoms with Crippen molar-refractivity contribution >= 4 is 38.9 Å². The van der Waals surface area contributed by atoms with Crippen molar-refractivity contribution < 1.29 is 18.7 Å². The Morgan fingerprint density at radius 3 is 2.63 bits per heavy atom. The Balaban J connectivity index is 1.95. The summed E-state index contributed by atoms with van der Waals surface area (Å²) in [6.07, 6.45) is 0. The number of hydrogen-bond donors (Lipinski definition) is 1. The Morgan fingerprint density at radius 2 is 1.93 bits per heavy atom. The number of anilines is 1. The highest BCUT2D eigenvalue weighted by Crippen LogP contribution is 2.34. The zero-order valence-corrected chi connectivity index (χ0v) is 16.0. The van der Waals surface area contributed by atoms with Gasteiger partial charge in [-0.1, -0.05) is 12.1 Å². The van der Waals surface area contributed by atoms with Crippen LogP contribution in [0, 0.1) is 5.82 Å². The summed E-state index contributed by atoms with van der Waals surface area (Å²) >= 11 is 1.21. The van der Waals surface area contributed by atoms with Crippen LogP contribution in [0.2, 0.25) is 0 Å². The fourth-order valence-corrected chi connectivity index (χ4v) is 3.93. The van der Waals surface area contributed by atoms with Gasteiger partial charge in [-0.2, -0.15) is 0 Å². The number of rotatable bonds is 5. The van der Waals surface area contributed by atoms with E-state index in [-0.39, 0.29) is 24.2 Å². The zero-order chi connectivity index (χ0) is 19.6. The predicted octanol–water partition coefficient (Wildman–Crippen LogP) is 4.14. The molecular formula is C20H19FN2O3S. The van der Waals surface area contributed by atoms with Gasteiger partial charge in [-0.25, -0.2) is 4.39 Å². The van der Waals surface area contributed by atoms with E-state index >= 15 is 0 Å². The summed E-state index contributed by atoms with van der Waals surface area (Å²) in [5, 5.41) is 3.20. The average Bonchev–Trinajstić information content (AvgIpc) is 3.01. The summed E-state index contributed by atoms with van der Waals surface area (Å²) in [6.45, 7) is 0.128. The van der Waals surface area contributed by atoms with Crippen molar-refractivity contribution in [2.75, 3.05) is 26.5 Å². The number of amides is 2. The molecule has 1 heterocycles. The molecule has 1 N–H and O–H groups in total. The fourth-order valence-electron chi connectivity index (χ4n) is 2.81. The second-order valence-corrected chi connectivity index (χ2v) is 7.24. The summed E-state index contributed by atoms with van der Waals surface area (Å²) < 4.78 is 20.1. The molecule has 27 heavy (non-hydrogen) atoms. The molecule has 1 aromatic heterocycles. The zero-order valence-electron chi connectivity index (χ0n) is 15.2. The van der Waals surface area contributed by atoms with Crippen molar-refractivity contribution in [1.29, 1.82) is 0 Å². The Labute approximate surface area is 160 Å². The van der Waals surface area contributed by atoms with Crippen LogP contribution in [0.5, 0.6) is 0 Å². The average molecular weight is 386 g/mol. The van der Waals surface area contributed by atoms with Crippen LogP contribution in [0.3, 0.4) is 0 Å². The maximum Gasteiger partial charge on any atom is 0.266 e. The molecule has 3 rings (SSSR count). The quantitative estimate of drug-likeness (QED) is 0.717. The van der Waals surface area contributed by atoms with E-state index in [1.165, 1.54) is 29.4 Å². The molecule has 0 saturated carbocycles. The first-order valence-corrected chi connectivity index (χ1v) is 9.06. The lowest BCUT2D eigenvalue weighted by molar-refractivity contribution is 0.0827. The molecule has 0 bridgehead atoms. The van der Waals surface area contributed by atoms with E-state index in [4.69, 9.17) is 4.74 Å². The van der Waals surface area contributed by atoms with Crippen molar-refractivity contribution in [2.24, 2.45) is 0 Å². The summed E-state index contributed by atoms with van der Waals surface area (Å²) in [5.74, 6) is -0.902. The first-order chi connectivity index (χ1) is 12.9. The van der Waals surface area contributed by atoms with Crippen molar-refractivity contribution in [3.05, 3.63) is 64.3 Å². The highest BCUT2D eigenvalue weighted by atomic mass is 32.1. The molecule has 0 unspecified atom stereocenters. The number of fused-ring (bicyclic) bond motifs is 1.